The maximum atomic E-state index is 13.6. The molecular formula is C24H20FN5O2S. The van der Waals surface area contributed by atoms with Crippen LogP contribution in [0.1, 0.15) is 11.6 Å². The number of thioether (sulfide) groups is 1. The fraction of sp³-hybridized carbons (Fsp3) is 0.125. The second kappa shape index (κ2) is 8.95. The number of nitrogens with one attached hydrogen (secondary N) is 2. The summed E-state index contributed by atoms with van der Waals surface area (Å²) in [5.74, 6) is 0.797. The number of ether oxygens (including phenoxy) is 1. The summed E-state index contributed by atoms with van der Waals surface area (Å²) in [6.07, 6.45) is 0. The van der Waals surface area contributed by atoms with E-state index in [0.29, 0.717) is 22.4 Å². The Morgan fingerprint density at radius 1 is 1.03 bits per heavy atom. The van der Waals surface area contributed by atoms with E-state index < -0.39 is 11.3 Å². The smallest absolute Gasteiger partial charge is 0.240 e. The molecule has 0 fully saturated rings. The van der Waals surface area contributed by atoms with Gasteiger partial charge in [-0.1, -0.05) is 54.2 Å². The molecule has 5 rings (SSSR count). The molecule has 0 radical (unpaired) electrons. The fourth-order valence-corrected chi connectivity index (χ4v) is 4.72. The average molecular weight is 462 g/mol. The van der Waals surface area contributed by atoms with Crippen molar-refractivity contribution in [1.29, 1.82) is 0 Å². The van der Waals surface area contributed by atoms with Crippen LogP contribution in [0, 0.1) is 5.82 Å². The number of aromatic nitrogens is 3. The van der Waals surface area contributed by atoms with E-state index in [-0.39, 0.29) is 11.7 Å². The molecular weight excluding hydrogens is 441 g/mol. The largest absolute Gasteiger partial charge is 0.497 e. The maximum absolute atomic E-state index is 13.6. The molecule has 166 valence electrons. The van der Waals surface area contributed by atoms with Crippen molar-refractivity contribution in [2.24, 2.45) is 0 Å². The Kier molecular flexibility index (Phi) is 5.70. The molecule has 33 heavy (non-hydrogen) atoms. The molecule has 1 aliphatic heterocycles. The molecule has 0 bridgehead atoms. The van der Waals surface area contributed by atoms with Crippen LogP contribution in [0.15, 0.2) is 84.0 Å². The van der Waals surface area contributed by atoms with E-state index in [0.717, 1.165) is 11.1 Å². The first-order valence-corrected chi connectivity index (χ1v) is 11.1. The molecule has 2 heterocycles. The van der Waals surface area contributed by atoms with Crippen molar-refractivity contribution < 1.29 is 13.9 Å². The van der Waals surface area contributed by atoms with Gasteiger partial charge >= 0.3 is 0 Å². The first kappa shape index (κ1) is 21.0. The number of hydrogen-bond donors (Lipinski definition) is 2. The average Bonchev–Trinajstić information content (AvgIpc) is 3.28. The number of methoxy groups -OCH3 is 1. The summed E-state index contributed by atoms with van der Waals surface area (Å²) < 4.78 is 20.6. The van der Waals surface area contributed by atoms with Crippen molar-refractivity contribution in [1.82, 2.24) is 14.9 Å². The summed E-state index contributed by atoms with van der Waals surface area (Å²) in [6, 6.07) is 22.5. The zero-order chi connectivity index (χ0) is 22.8. The van der Waals surface area contributed by atoms with E-state index in [1.54, 1.807) is 48.2 Å². The summed E-state index contributed by atoms with van der Waals surface area (Å²) in [6.45, 7) is 0. The van der Waals surface area contributed by atoms with Gasteiger partial charge in [0, 0.05) is 11.3 Å². The van der Waals surface area contributed by atoms with Gasteiger partial charge in [-0.3, -0.25) is 4.79 Å². The number of carbonyl (C=O) groups is 1. The number of benzene rings is 3. The van der Waals surface area contributed by atoms with Crippen LogP contribution in [0.5, 0.6) is 5.75 Å². The molecule has 0 spiro atoms. The third kappa shape index (κ3) is 4.27. The second-order valence-corrected chi connectivity index (χ2v) is 8.53. The van der Waals surface area contributed by atoms with Crippen molar-refractivity contribution in [3.05, 3.63) is 90.2 Å². The van der Waals surface area contributed by atoms with Crippen molar-refractivity contribution in [3.8, 4) is 17.1 Å². The first-order chi connectivity index (χ1) is 16.1. The highest BCUT2D eigenvalue weighted by Gasteiger charge is 2.38. The lowest BCUT2D eigenvalue weighted by molar-refractivity contribution is -0.116. The summed E-state index contributed by atoms with van der Waals surface area (Å²) in [5, 5.41) is 11.6. The predicted molar refractivity (Wildman–Crippen MR) is 125 cm³/mol. The van der Waals surface area contributed by atoms with E-state index in [1.807, 2.05) is 30.3 Å². The highest BCUT2D eigenvalue weighted by molar-refractivity contribution is 8.00. The van der Waals surface area contributed by atoms with Gasteiger partial charge in [-0.05, 0) is 42.0 Å². The first-order valence-electron chi connectivity index (χ1n) is 10.3. The molecule has 1 aliphatic rings. The SMILES string of the molecule is COc1ccc(NC(=O)[C@@H]2Sc3nnc(-c4ccccc4)n3N[C@H]2c2ccc(F)cc2)cc1. The third-order valence-electron chi connectivity index (χ3n) is 5.31. The van der Waals surface area contributed by atoms with Gasteiger partial charge in [0.25, 0.3) is 0 Å². The highest BCUT2D eigenvalue weighted by atomic mass is 32.2. The minimum Gasteiger partial charge on any atom is -0.497 e. The molecule has 4 aromatic rings. The third-order valence-corrected chi connectivity index (χ3v) is 6.53. The number of hydrogen-bond acceptors (Lipinski definition) is 6. The Morgan fingerprint density at radius 3 is 2.45 bits per heavy atom. The van der Waals surface area contributed by atoms with Crippen LogP contribution in [0.3, 0.4) is 0 Å². The summed E-state index contributed by atoms with van der Waals surface area (Å²) in [5.41, 5.74) is 5.70. The van der Waals surface area contributed by atoms with E-state index in [2.05, 4.69) is 20.9 Å². The van der Waals surface area contributed by atoms with Gasteiger partial charge < -0.3 is 15.5 Å². The van der Waals surface area contributed by atoms with Crippen LogP contribution in [0.25, 0.3) is 11.4 Å². The number of carbonyl (C=O) groups excluding carboxylic acids is 1. The van der Waals surface area contributed by atoms with Gasteiger partial charge in [0.15, 0.2) is 5.82 Å². The molecule has 0 saturated carbocycles. The van der Waals surface area contributed by atoms with E-state index >= 15 is 0 Å². The number of amides is 1. The number of fused-ring (bicyclic) bond motifs is 1. The van der Waals surface area contributed by atoms with E-state index in [4.69, 9.17) is 4.74 Å². The molecule has 0 saturated heterocycles. The lowest BCUT2D eigenvalue weighted by atomic mass is 10.0. The van der Waals surface area contributed by atoms with Gasteiger partial charge in [-0.2, -0.15) is 0 Å². The Bertz CT molecular complexity index is 1260. The quantitative estimate of drug-likeness (QED) is 0.456. The predicted octanol–water partition coefficient (Wildman–Crippen LogP) is 4.49. The van der Waals surface area contributed by atoms with Crippen LogP contribution in [-0.4, -0.2) is 33.1 Å². The molecule has 2 N–H and O–H groups in total. The number of anilines is 1. The number of rotatable bonds is 5. The fourth-order valence-electron chi connectivity index (χ4n) is 3.64. The van der Waals surface area contributed by atoms with Crippen LogP contribution in [0.4, 0.5) is 10.1 Å². The van der Waals surface area contributed by atoms with Crippen LogP contribution >= 0.6 is 11.8 Å². The highest BCUT2D eigenvalue weighted by Crippen LogP contribution is 2.39. The number of halogens is 1. The van der Waals surface area contributed by atoms with E-state index in [1.165, 1.54) is 23.9 Å². The van der Waals surface area contributed by atoms with Crippen LogP contribution < -0.4 is 15.5 Å². The Balaban J connectivity index is 1.48. The summed E-state index contributed by atoms with van der Waals surface area (Å²) in [4.78, 5) is 13.3. The molecule has 1 aromatic heterocycles. The lowest BCUT2D eigenvalue weighted by Gasteiger charge is -2.33. The van der Waals surface area contributed by atoms with Gasteiger partial charge in [-0.15, -0.1) is 10.2 Å². The van der Waals surface area contributed by atoms with Crippen LogP contribution in [-0.2, 0) is 4.79 Å². The van der Waals surface area contributed by atoms with E-state index in [9.17, 15) is 9.18 Å². The minimum atomic E-state index is -0.571. The number of nitrogens with zero attached hydrogens (tertiary/aromatic N) is 3. The van der Waals surface area contributed by atoms with Crippen LogP contribution in [0.2, 0.25) is 0 Å². The van der Waals surface area contributed by atoms with Crippen molar-refractivity contribution >= 4 is 23.4 Å². The monoisotopic (exact) mass is 461 g/mol. The minimum absolute atomic E-state index is 0.206. The molecule has 7 nitrogen and oxygen atoms in total. The molecule has 3 aromatic carbocycles. The van der Waals surface area contributed by atoms with Gasteiger partial charge in [0.1, 0.15) is 16.8 Å². The molecule has 9 heteroatoms. The van der Waals surface area contributed by atoms with Gasteiger partial charge in [-0.25, -0.2) is 9.07 Å². The van der Waals surface area contributed by atoms with Crippen molar-refractivity contribution in [2.45, 2.75) is 16.4 Å². The standard InChI is InChI=1S/C24H20FN5O2S/c1-32-19-13-11-18(12-14-19)26-23(31)21-20(15-7-9-17(25)10-8-15)29-30-22(27-28-24(30)33-21)16-5-3-2-4-6-16/h2-14,20-21,29H,1H3,(H,26,31)/t20-,21+/m0/s1. The summed E-state index contributed by atoms with van der Waals surface area (Å²) in [7, 11) is 1.59. The molecule has 1 amide bonds. The Hall–Kier alpha value is -3.85. The van der Waals surface area contributed by atoms with Crippen molar-refractivity contribution in [2.75, 3.05) is 17.9 Å². The molecule has 2 atom stereocenters. The normalized spacial score (nSPS) is 17.0. The Labute approximate surface area is 194 Å². The zero-order valence-corrected chi connectivity index (χ0v) is 18.4. The summed E-state index contributed by atoms with van der Waals surface area (Å²) >= 11 is 1.31. The molecule has 0 aliphatic carbocycles. The second-order valence-electron chi connectivity index (χ2n) is 7.42. The Morgan fingerprint density at radius 2 is 1.76 bits per heavy atom. The molecule has 0 unspecified atom stereocenters. The topological polar surface area (TPSA) is 81.1 Å². The van der Waals surface area contributed by atoms with Gasteiger partial charge in [0.2, 0.25) is 11.1 Å². The lowest BCUT2D eigenvalue weighted by Crippen LogP contribution is -2.41. The zero-order valence-electron chi connectivity index (χ0n) is 17.6. The van der Waals surface area contributed by atoms with Gasteiger partial charge in [0.05, 0.1) is 13.2 Å². The van der Waals surface area contributed by atoms with Crippen molar-refractivity contribution in [3.63, 3.8) is 0 Å². The maximum Gasteiger partial charge on any atom is 0.240 e.